The van der Waals surface area contributed by atoms with Crippen LogP contribution >= 0.6 is 11.6 Å². The summed E-state index contributed by atoms with van der Waals surface area (Å²) >= 11 is 6.16. The van der Waals surface area contributed by atoms with E-state index in [0.29, 0.717) is 16.5 Å². The van der Waals surface area contributed by atoms with Crippen LogP contribution in [-0.4, -0.2) is 16.5 Å². The number of anilines is 1. The third-order valence-electron chi connectivity index (χ3n) is 3.33. The van der Waals surface area contributed by atoms with E-state index >= 15 is 0 Å². The van der Waals surface area contributed by atoms with Gasteiger partial charge in [0.15, 0.2) is 5.65 Å². The van der Waals surface area contributed by atoms with Gasteiger partial charge in [-0.3, -0.25) is 4.40 Å². The Morgan fingerprint density at radius 3 is 2.75 bits per heavy atom. The minimum atomic E-state index is 0.579. The van der Waals surface area contributed by atoms with Crippen LogP contribution in [0.4, 0.5) is 5.82 Å². The van der Waals surface area contributed by atoms with Gasteiger partial charge in [-0.1, -0.05) is 11.6 Å². The maximum atomic E-state index is 6.19. The first-order chi connectivity index (χ1) is 9.61. The highest BCUT2D eigenvalue weighted by Gasteiger charge is 2.15. The Balaban J connectivity index is 2.25. The fraction of sp³-hybridized carbons (Fsp3) is 0.133. The summed E-state index contributed by atoms with van der Waals surface area (Å²) in [6, 6.07) is 9.46. The summed E-state index contributed by atoms with van der Waals surface area (Å²) in [6.45, 7) is 2.00. The number of nitrogens with two attached hydrogens (primary N) is 1. The van der Waals surface area contributed by atoms with Gasteiger partial charge in [-0.05, 0) is 42.8 Å². The molecule has 0 fully saturated rings. The molecule has 3 rings (SSSR count). The number of nitrogen functional groups attached to an aromatic ring is 1. The molecule has 0 spiro atoms. The smallest absolute Gasteiger partial charge is 0.157 e. The largest absolute Gasteiger partial charge is 0.497 e. The van der Waals surface area contributed by atoms with Crippen molar-refractivity contribution in [2.45, 2.75) is 6.92 Å². The number of rotatable bonds is 2. The summed E-state index contributed by atoms with van der Waals surface area (Å²) in [6.07, 6.45) is 1.85. The van der Waals surface area contributed by atoms with Crippen molar-refractivity contribution >= 4 is 23.1 Å². The van der Waals surface area contributed by atoms with Gasteiger partial charge >= 0.3 is 0 Å². The molecule has 2 N–H and O–H groups in total. The first-order valence-corrected chi connectivity index (χ1v) is 6.56. The summed E-state index contributed by atoms with van der Waals surface area (Å²) in [5, 5.41) is 0.580. The van der Waals surface area contributed by atoms with Crippen LogP contribution in [0.25, 0.3) is 16.9 Å². The Morgan fingerprint density at radius 1 is 1.30 bits per heavy atom. The van der Waals surface area contributed by atoms with E-state index in [-0.39, 0.29) is 0 Å². The lowest BCUT2D eigenvalue weighted by molar-refractivity contribution is 0.414. The molecule has 3 aromatic rings. The molecule has 4 nitrogen and oxygen atoms in total. The molecule has 2 heterocycles. The molecule has 20 heavy (non-hydrogen) atoms. The van der Waals surface area contributed by atoms with Crippen LogP contribution in [0.5, 0.6) is 5.75 Å². The SMILES string of the molecule is COc1ccc(-c2nc3c(Cl)cccn3c2N)c(C)c1. The van der Waals surface area contributed by atoms with Gasteiger partial charge in [-0.15, -0.1) is 0 Å². The lowest BCUT2D eigenvalue weighted by Crippen LogP contribution is -1.95. The monoisotopic (exact) mass is 287 g/mol. The van der Waals surface area contributed by atoms with E-state index in [1.807, 2.05) is 37.4 Å². The number of hydrogen-bond acceptors (Lipinski definition) is 3. The van der Waals surface area contributed by atoms with E-state index in [4.69, 9.17) is 22.1 Å². The molecule has 0 atom stereocenters. The number of methoxy groups -OCH3 is 1. The van der Waals surface area contributed by atoms with E-state index in [9.17, 15) is 0 Å². The summed E-state index contributed by atoms with van der Waals surface area (Å²) in [4.78, 5) is 4.56. The number of benzene rings is 1. The molecule has 0 aliphatic rings. The Kier molecular flexibility index (Phi) is 3.03. The van der Waals surface area contributed by atoms with Crippen LogP contribution in [0.15, 0.2) is 36.5 Å². The highest BCUT2D eigenvalue weighted by molar-refractivity contribution is 6.33. The first kappa shape index (κ1) is 12.8. The Bertz CT molecular complexity index is 795. The zero-order valence-electron chi connectivity index (χ0n) is 11.2. The van der Waals surface area contributed by atoms with Gasteiger partial charge in [0.05, 0.1) is 12.1 Å². The van der Waals surface area contributed by atoms with Crippen LogP contribution in [-0.2, 0) is 0 Å². The summed E-state index contributed by atoms with van der Waals surface area (Å²) in [5.74, 6) is 1.39. The molecule has 2 aromatic heterocycles. The lowest BCUT2D eigenvalue weighted by Gasteiger charge is -2.06. The van der Waals surface area contributed by atoms with Gasteiger partial charge in [-0.2, -0.15) is 0 Å². The van der Waals surface area contributed by atoms with Crippen LogP contribution in [0.3, 0.4) is 0 Å². The quantitative estimate of drug-likeness (QED) is 0.784. The number of pyridine rings is 1. The van der Waals surface area contributed by atoms with Crippen LogP contribution < -0.4 is 10.5 Å². The summed E-state index contributed by atoms with van der Waals surface area (Å²) < 4.78 is 7.01. The molecule has 0 saturated heterocycles. The van der Waals surface area contributed by atoms with E-state index < -0.39 is 0 Å². The van der Waals surface area contributed by atoms with Gasteiger partial charge in [0.2, 0.25) is 0 Å². The number of hydrogen-bond donors (Lipinski definition) is 1. The lowest BCUT2D eigenvalue weighted by atomic mass is 10.1. The normalized spacial score (nSPS) is 10.9. The number of imidazole rings is 1. The van der Waals surface area contributed by atoms with E-state index in [1.54, 1.807) is 17.6 Å². The molecule has 0 aliphatic heterocycles. The molecular weight excluding hydrogens is 274 g/mol. The van der Waals surface area contributed by atoms with Gasteiger partial charge in [0, 0.05) is 11.8 Å². The highest BCUT2D eigenvalue weighted by Crippen LogP contribution is 2.32. The second-order valence-electron chi connectivity index (χ2n) is 4.58. The predicted octanol–water partition coefficient (Wildman–Crippen LogP) is 3.55. The molecule has 5 heteroatoms. The van der Waals surface area contributed by atoms with Crippen molar-refractivity contribution in [3.8, 4) is 17.0 Å². The maximum absolute atomic E-state index is 6.19. The summed E-state index contributed by atoms with van der Waals surface area (Å²) in [5.41, 5.74) is 9.61. The number of ether oxygens (including phenoxy) is 1. The minimum Gasteiger partial charge on any atom is -0.497 e. The zero-order chi connectivity index (χ0) is 14.3. The standard InChI is InChI=1S/C15H14ClN3O/c1-9-8-10(20-2)5-6-11(9)13-14(17)19-7-3-4-12(16)15(19)18-13/h3-8H,17H2,1-2H3. The minimum absolute atomic E-state index is 0.579. The molecule has 0 aliphatic carbocycles. The van der Waals surface area contributed by atoms with Crippen LogP contribution in [0, 0.1) is 6.92 Å². The third-order valence-corrected chi connectivity index (χ3v) is 3.62. The number of halogens is 1. The second kappa shape index (κ2) is 4.72. The Morgan fingerprint density at radius 2 is 2.10 bits per heavy atom. The van der Waals surface area contributed by atoms with Crippen LogP contribution in [0.2, 0.25) is 5.02 Å². The van der Waals surface area contributed by atoms with E-state index in [1.165, 1.54) is 0 Å². The van der Waals surface area contributed by atoms with Gasteiger partial charge in [0.1, 0.15) is 17.3 Å². The van der Waals surface area contributed by atoms with Crippen molar-refractivity contribution in [1.29, 1.82) is 0 Å². The highest BCUT2D eigenvalue weighted by atomic mass is 35.5. The first-order valence-electron chi connectivity index (χ1n) is 6.19. The number of fused-ring (bicyclic) bond motifs is 1. The third kappa shape index (κ3) is 1.89. The fourth-order valence-corrected chi connectivity index (χ4v) is 2.49. The van der Waals surface area contributed by atoms with Crippen molar-refractivity contribution in [3.63, 3.8) is 0 Å². The van der Waals surface area contributed by atoms with Crippen molar-refractivity contribution in [2.75, 3.05) is 12.8 Å². The maximum Gasteiger partial charge on any atom is 0.157 e. The molecular formula is C15H14ClN3O. The molecule has 1 aromatic carbocycles. The van der Waals surface area contributed by atoms with Gasteiger partial charge < -0.3 is 10.5 Å². The van der Waals surface area contributed by atoms with Crippen molar-refractivity contribution in [3.05, 3.63) is 47.1 Å². The van der Waals surface area contributed by atoms with Crippen molar-refractivity contribution < 1.29 is 4.74 Å². The van der Waals surface area contributed by atoms with E-state index in [2.05, 4.69) is 4.98 Å². The fourth-order valence-electron chi connectivity index (χ4n) is 2.28. The van der Waals surface area contributed by atoms with Gasteiger partial charge in [-0.25, -0.2) is 4.98 Å². The Labute approximate surface area is 121 Å². The average molecular weight is 288 g/mol. The van der Waals surface area contributed by atoms with Gasteiger partial charge in [0.25, 0.3) is 0 Å². The second-order valence-corrected chi connectivity index (χ2v) is 4.98. The molecule has 102 valence electrons. The summed E-state index contributed by atoms with van der Waals surface area (Å²) in [7, 11) is 1.65. The molecule has 0 unspecified atom stereocenters. The molecule has 0 amide bonds. The topological polar surface area (TPSA) is 52.5 Å². The number of nitrogens with zero attached hydrogens (tertiary/aromatic N) is 2. The van der Waals surface area contributed by atoms with Crippen LogP contribution in [0.1, 0.15) is 5.56 Å². The van der Waals surface area contributed by atoms with Crippen molar-refractivity contribution in [1.82, 2.24) is 9.38 Å². The Hall–Kier alpha value is -2.20. The number of aryl methyl sites for hydroxylation is 1. The predicted molar refractivity (Wildman–Crippen MR) is 81.3 cm³/mol. The molecule has 0 saturated carbocycles. The average Bonchev–Trinajstić information content (AvgIpc) is 2.78. The van der Waals surface area contributed by atoms with E-state index in [0.717, 1.165) is 22.6 Å². The van der Waals surface area contributed by atoms with Crippen molar-refractivity contribution in [2.24, 2.45) is 0 Å². The zero-order valence-corrected chi connectivity index (χ0v) is 12.0. The molecule has 0 radical (unpaired) electrons. The number of aromatic nitrogens is 2. The molecule has 0 bridgehead atoms.